The van der Waals surface area contributed by atoms with Crippen molar-refractivity contribution >= 4 is 28.3 Å². The Hall–Kier alpha value is -2.86. The van der Waals surface area contributed by atoms with Crippen LogP contribution in [0.15, 0.2) is 48.8 Å². The number of aromatic amines is 1. The minimum Gasteiger partial charge on any atom is -0.396 e. The zero-order valence-electron chi connectivity index (χ0n) is 15.2. The standard InChI is InChI=1S/C21H24N4O2/c26-14-15-7-10-25(11-8-15)21-19(6-3-9-22-21)24-20(27)12-16-13-23-18-5-2-1-4-17(16)18/h1-6,9,13,15,23,26H,7-8,10-12,14H2,(H,24,27). The van der Waals surface area contributed by atoms with Crippen LogP contribution in [0.1, 0.15) is 18.4 Å². The highest BCUT2D eigenvalue weighted by atomic mass is 16.3. The number of carbonyl (C=O) groups excluding carboxylic acids is 1. The highest BCUT2D eigenvalue weighted by molar-refractivity contribution is 5.97. The fourth-order valence-electron chi connectivity index (χ4n) is 3.72. The summed E-state index contributed by atoms with van der Waals surface area (Å²) < 4.78 is 0. The molecule has 3 N–H and O–H groups in total. The summed E-state index contributed by atoms with van der Waals surface area (Å²) in [5.41, 5.74) is 2.76. The Balaban J connectivity index is 1.47. The van der Waals surface area contributed by atoms with Crippen molar-refractivity contribution < 1.29 is 9.90 Å². The van der Waals surface area contributed by atoms with E-state index < -0.39 is 0 Å². The quantitative estimate of drug-likeness (QED) is 0.650. The maximum Gasteiger partial charge on any atom is 0.228 e. The van der Waals surface area contributed by atoms with E-state index in [9.17, 15) is 9.90 Å². The molecule has 1 fully saturated rings. The van der Waals surface area contributed by atoms with E-state index in [-0.39, 0.29) is 12.5 Å². The van der Waals surface area contributed by atoms with Gasteiger partial charge in [-0.2, -0.15) is 0 Å². The van der Waals surface area contributed by atoms with Crippen molar-refractivity contribution in [3.63, 3.8) is 0 Å². The number of para-hydroxylation sites is 1. The molecule has 3 heterocycles. The Morgan fingerprint density at radius 1 is 1.22 bits per heavy atom. The molecular formula is C21H24N4O2. The second kappa shape index (κ2) is 7.80. The molecule has 4 rings (SSSR count). The number of H-pyrrole nitrogens is 1. The van der Waals surface area contributed by atoms with Crippen LogP contribution in [-0.4, -0.2) is 40.7 Å². The van der Waals surface area contributed by atoms with Crippen LogP contribution in [-0.2, 0) is 11.2 Å². The third-order valence-electron chi connectivity index (χ3n) is 5.26. The number of pyridine rings is 1. The van der Waals surface area contributed by atoms with Gasteiger partial charge in [0.1, 0.15) is 0 Å². The molecule has 1 aliphatic rings. The molecule has 2 aromatic heterocycles. The normalized spacial score (nSPS) is 15.2. The fourth-order valence-corrected chi connectivity index (χ4v) is 3.72. The van der Waals surface area contributed by atoms with Crippen molar-refractivity contribution in [1.82, 2.24) is 9.97 Å². The molecule has 27 heavy (non-hydrogen) atoms. The molecule has 140 valence electrons. The zero-order valence-corrected chi connectivity index (χ0v) is 15.2. The topological polar surface area (TPSA) is 81.2 Å². The van der Waals surface area contributed by atoms with Crippen molar-refractivity contribution in [1.29, 1.82) is 0 Å². The van der Waals surface area contributed by atoms with E-state index in [1.54, 1.807) is 6.20 Å². The van der Waals surface area contributed by atoms with E-state index in [2.05, 4.69) is 20.2 Å². The second-order valence-corrected chi connectivity index (χ2v) is 7.07. The van der Waals surface area contributed by atoms with Gasteiger partial charge in [0.05, 0.1) is 12.1 Å². The van der Waals surface area contributed by atoms with Crippen LogP contribution in [0.2, 0.25) is 0 Å². The van der Waals surface area contributed by atoms with Crippen molar-refractivity contribution in [2.45, 2.75) is 19.3 Å². The van der Waals surface area contributed by atoms with E-state index in [1.807, 2.05) is 42.6 Å². The predicted molar refractivity (Wildman–Crippen MR) is 107 cm³/mol. The molecular weight excluding hydrogens is 340 g/mol. The summed E-state index contributed by atoms with van der Waals surface area (Å²) in [5.74, 6) is 1.12. The lowest BCUT2D eigenvalue weighted by Gasteiger charge is -2.33. The zero-order chi connectivity index (χ0) is 18.6. The minimum absolute atomic E-state index is 0.0563. The number of hydrogen-bond donors (Lipinski definition) is 3. The first-order valence-electron chi connectivity index (χ1n) is 9.40. The maximum atomic E-state index is 12.7. The first kappa shape index (κ1) is 17.5. The first-order chi connectivity index (χ1) is 13.2. The number of nitrogens with one attached hydrogen (secondary N) is 2. The summed E-state index contributed by atoms with van der Waals surface area (Å²) in [6, 6.07) is 11.7. The number of aliphatic hydroxyl groups excluding tert-OH is 1. The molecule has 6 nitrogen and oxygen atoms in total. The van der Waals surface area contributed by atoms with Gasteiger partial charge in [-0.15, -0.1) is 0 Å². The van der Waals surface area contributed by atoms with Crippen LogP contribution < -0.4 is 10.2 Å². The molecule has 0 bridgehead atoms. The number of carbonyl (C=O) groups is 1. The minimum atomic E-state index is -0.0563. The number of rotatable bonds is 5. The summed E-state index contributed by atoms with van der Waals surface area (Å²) >= 11 is 0. The predicted octanol–water partition coefficient (Wildman–Crippen LogP) is 2.95. The number of nitrogens with zero attached hydrogens (tertiary/aromatic N) is 2. The van der Waals surface area contributed by atoms with Crippen LogP contribution in [0.3, 0.4) is 0 Å². The van der Waals surface area contributed by atoms with Gasteiger partial charge in [-0.3, -0.25) is 4.79 Å². The Labute approximate surface area is 158 Å². The molecule has 0 radical (unpaired) electrons. The monoisotopic (exact) mass is 364 g/mol. The summed E-state index contributed by atoms with van der Waals surface area (Å²) in [6.07, 6.45) is 5.84. The summed E-state index contributed by atoms with van der Waals surface area (Å²) in [4.78, 5) is 22.5. The maximum absolute atomic E-state index is 12.7. The van der Waals surface area contributed by atoms with Gasteiger partial charge in [-0.1, -0.05) is 18.2 Å². The van der Waals surface area contributed by atoms with Crippen LogP contribution >= 0.6 is 0 Å². The number of hydrogen-bond acceptors (Lipinski definition) is 4. The highest BCUT2D eigenvalue weighted by Gasteiger charge is 2.22. The molecule has 3 aromatic rings. The van der Waals surface area contributed by atoms with Gasteiger partial charge in [-0.25, -0.2) is 4.98 Å². The third kappa shape index (κ3) is 3.80. The number of fused-ring (bicyclic) bond motifs is 1. The summed E-state index contributed by atoms with van der Waals surface area (Å²) in [7, 11) is 0. The van der Waals surface area contributed by atoms with Gasteiger partial charge in [-0.05, 0) is 42.5 Å². The average Bonchev–Trinajstić information content (AvgIpc) is 3.11. The van der Waals surface area contributed by atoms with E-state index in [0.717, 1.165) is 53.9 Å². The molecule has 6 heteroatoms. The van der Waals surface area contributed by atoms with Gasteiger partial charge in [0.2, 0.25) is 5.91 Å². The molecule has 1 aliphatic heterocycles. The Morgan fingerprint density at radius 3 is 2.85 bits per heavy atom. The van der Waals surface area contributed by atoms with E-state index in [1.165, 1.54) is 0 Å². The molecule has 0 saturated carbocycles. The SMILES string of the molecule is O=C(Cc1c[nH]c2ccccc12)Nc1cccnc1N1CCC(CO)CC1. The van der Waals surface area contributed by atoms with E-state index >= 15 is 0 Å². The van der Waals surface area contributed by atoms with Gasteiger partial charge in [0.15, 0.2) is 5.82 Å². The van der Waals surface area contributed by atoms with Gasteiger partial charge in [0.25, 0.3) is 0 Å². The Bertz CT molecular complexity index is 929. The largest absolute Gasteiger partial charge is 0.396 e. The van der Waals surface area contributed by atoms with Crippen LogP contribution in [0.5, 0.6) is 0 Å². The number of anilines is 2. The van der Waals surface area contributed by atoms with Crippen molar-refractivity contribution in [2.75, 3.05) is 29.9 Å². The van der Waals surface area contributed by atoms with Gasteiger partial charge >= 0.3 is 0 Å². The molecule has 0 aliphatic carbocycles. The smallest absolute Gasteiger partial charge is 0.228 e. The summed E-state index contributed by atoms with van der Waals surface area (Å²) in [5, 5.41) is 13.4. The van der Waals surface area contributed by atoms with Crippen LogP contribution in [0, 0.1) is 5.92 Å². The highest BCUT2D eigenvalue weighted by Crippen LogP contribution is 2.28. The van der Waals surface area contributed by atoms with Crippen LogP contribution in [0.4, 0.5) is 11.5 Å². The first-order valence-corrected chi connectivity index (χ1v) is 9.40. The number of aromatic nitrogens is 2. The molecule has 1 amide bonds. The van der Waals surface area contributed by atoms with E-state index in [0.29, 0.717) is 12.3 Å². The number of aliphatic hydroxyl groups is 1. The number of amides is 1. The van der Waals surface area contributed by atoms with Crippen LogP contribution in [0.25, 0.3) is 10.9 Å². The fraction of sp³-hybridized carbons (Fsp3) is 0.333. The Kier molecular flexibility index (Phi) is 5.07. The second-order valence-electron chi connectivity index (χ2n) is 7.07. The van der Waals surface area contributed by atoms with Gasteiger partial charge in [0, 0.05) is 43.0 Å². The molecule has 1 saturated heterocycles. The Morgan fingerprint density at radius 2 is 2.04 bits per heavy atom. The lowest BCUT2D eigenvalue weighted by Crippen LogP contribution is -2.36. The molecule has 1 aromatic carbocycles. The third-order valence-corrected chi connectivity index (χ3v) is 5.26. The van der Waals surface area contributed by atoms with Crippen molar-refractivity contribution in [3.8, 4) is 0 Å². The lowest BCUT2D eigenvalue weighted by atomic mass is 9.98. The van der Waals surface area contributed by atoms with Crippen molar-refractivity contribution in [2.24, 2.45) is 5.92 Å². The van der Waals surface area contributed by atoms with E-state index in [4.69, 9.17) is 0 Å². The number of piperidine rings is 1. The average molecular weight is 364 g/mol. The molecule has 0 spiro atoms. The van der Waals surface area contributed by atoms with Gasteiger partial charge < -0.3 is 20.3 Å². The lowest BCUT2D eigenvalue weighted by molar-refractivity contribution is -0.115. The number of benzene rings is 1. The van der Waals surface area contributed by atoms with Crippen molar-refractivity contribution in [3.05, 3.63) is 54.4 Å². The molecule has 0 unspecified atom stereocenters. The molecule has 0 atom stereocenters. The summed E-state index contributed by atoms with van der Waals surface area (Å²) in [6.45, 7) is 1.92.